The van der Waals surface area contributed by atoms with Gasteiger partial charge in [0.05, 0.1) is 6.54 Å². The third kappa shape index (κ3) is 4.94. The molecule has 0 aromatic rings. The maximum atomic E-state index is 11.5. The van der Waals surface area contributed by atoms with Crippen molar-refractivity contribution in [2.24, 2.45) is 17.6 Å². The van der Waals surface area contributed by atoms with Gasteiger partial charge in [-0.15, -0.1) is 0 Å². The van der Waals surface area contributed by atoms with E-state index in [2.05, 4.69) is 24.1 Å². The van der Waals surface area contributed by atoms with Crippen LogP contribution in [0.25, 0.3) is 0 Å². The quantitative estimate of drug-likeness (QED) is 0.692. The Balaban J connectivity index is 2.08. The molecular formula is C12H25N3O. The fraction of sp³-hybridized carbons (Fsp3) is 0.917. The van der Waals surface area contributed by atoms with Crippen LogP contribution < -0.4 is 11.1 Å². The van der Waals surface area contributed by atoms with E-state index in [9.17, 15) is 4.79 Å². The van der Waals surface area contributed by atoms with E-state index in [0.29, 0.717) is 24.4 Å². The van der Waals surface area contributed by atoms with Crippen molar-refractivity contribution < 1.29 is 4.79 Å². The van der Waals surface area contributed by atoms with E-state index in [-0.39, 0.29) is 5.91 Å². The maximum Gasteiger partial charge on any atom is 0.234 e. The summed E-state index contributed by atoms with van der Waals surface area (Å²) in [6, 6.07) is 0.396. The number of carbonyl (C=O) groups is 1. The highest BCUT2D eigenvalue weighted by Gasteiger charge is 2.26. The summed E-state index contributed by atoms with van der Waals surface area (Å²) < 4.78 is 0. The lowest BCUT2D eigenvalue weighted by Crippen LogP contribution is -2.44. The number of amides is 1. The summed E-state index contributed by atoms with van der Waals surface area (Å²) in [5.41, 5.74) is 5.73. The van der Waals surface area contributed by atoms with Gasteiger partial charge in [-0.05, 0) is 31.7 Å². The molecule has 0 saturated heterocycles. The Bertz CT molecular complexity index is 224. The van der Waals surface area contributed by atoms with Gasteiger partial charge in [-0.25, -0.2) is 0 Å². The number of likely N-dealkylation sites (N-methyl/N-ethyl adjacent to an activating group) is 1. The Labute approximate surface area is 98.6 Å². The zero-order valence-corrected chi connectivity index (χ0v) is 10.7. The van der Waals surface area contributed by atoms with Gasteiger partial charge in [0.2, 0.25) is 5.91 Å². The number of nitrogens with zero attached hydrogens (tertiary/aromatic N) is 1. The van der Waals surface area contributed by atoms with Crippen LogP contribution in [-0.2, 0) is 4.79 Å². The summed E-state index contributed by atoms with van der Waals surface area (Å²) in [7, 11) is 2.00. The Kier molecular flexibility index (Phi) is 5.22. The number of hydrogen-bond acceptors (Lipinski definition) is 3. The Morgan fingerprint density at radius 2 is 2.12 bits per heavy atom. The average molecular weight is 227 g/mol. The molecule has 0 unspecified atom stereocenters. The summed E-state index contributed by atoms with van der Waals surface area (Å²) in [6.45, 7) is 6.45. The molecule has 1 saturated carbocycles. The predicted molar refractivity (Wildman–Crippen MR) is 66.0 cm³/mol. The van der Waals surface area contributed by atoms with Crippen molar-refractivity contribution in [1.82, 2.24) is 10.2 Å². The zero-order chi connectivity index (χ0) is 12.1. The zero-order valence-electron chi connectivity index (χ0n) is 10.7. The first-order valence-corrected chi connectivity index (χ1v) is 6.18. The van der Waals surface area contributed by atoms with E-state index >= 15 is 0 Å². The van der Waals surface area contributed by atoms with Crippen molar-refractivity contribution >= 4 is 5.91 Å². The average Bonchev–Trinajstić information content (AvgIpc) is 2.12. The Morgan fingerprint density at radius 3 is 2.62 bits per heavy atom. The first kappa shape index (κ1) is 13.5. The van der Waals surface area contributed by atoms with Gasteiger partial charge in [0.1, 0.15) is 0 Å². The monoisotopic (exact) mass is 227 g/mol. The number of nitrogens with one attached hydrogen (secondary N) is 1. The van der Waals surface area contributed by atoms with Crippen LogP contribution in [0.1, 0.15) is 26.7 Å². The van der Waals surface area contributed by atoms with Crippen LogP contribution in [0.3, 0.4) is 0 Å². The third-order valence-corrected chi connectivity index (χ3v) is 2.96. The largest absolute Gasteiger partial charge is 0.355 e. The van der Waals surface area contributed by atoms with Gasteiger partial charge in [-0.2, -0.15) is 0 Å². The molecule has 1 rings (SSSR count). The van der Waals surface area contributed by atoms with E-state index in [1.807, 2.05) is 7.05 Å². The molecule has 0 spiro atoms. The van der Waals surface area contributed by atoms with E-state index in [4.69, 9.17) is 5.73 Å². The number of rotatable bonds is 6. The molecule has 16 heavy (non-hydrogen) atoms. The third-order valence-electron chi connectivity index (χ3n) is 2.96. The Morgan fingerprint density at radius 1 is 1.50 bits per heavy atom. The molecule has 0 heterocycles. The fourth-order valence-electron chi connectivity index (χ4n) is 2.06. The minimum atomic E-state index is 0.125. The molecule has 0 aromatic heterocycles. The second-order valence-corrected chi connectivity index (χ2v) is 5.49. The van der Waals surface area contributed by atoms with Gasteiger partial charge in [0.25, 0.3) is 0 Å². The SMILES string of the molecule is CC(C)CNC(=O)CN(C)CC1CC(N)C1. The van der Waals surface area contributed by atoms with Crippen molar-refractivity contribution in [2.45, 2.75) is 32.7 Å². The lowest BCUT2D eigenvalue weighted by atomic mass is 9.81. The second kappa shape index (κ2) is 6.21. The molecule has 0 radical (unpaired) electrons. The summed E-state index contributed by atoms with van der Waals surface area (Å²) in [5, 5.41) is 2.93. The summed E-state index contributed by atoms with van der Waals surface area (Å²) in [5.74, 6) is 1.33. The topological polar surface area (TPSA) is 58.4 Å². The van der Waals surface area contributed by atoms with Gasteiger partial charge in [-0.1, -0.05) is 13.8 Å². The molecule has 1 amide bonds. The molecule has 0 aromatic carbocycles. The van der Waals surface area contributed by atoms with E-state index in [0.717, 1.165) is 25.9 Å². The summed E-state index contributed by atoms with van der Waals surface area (Å²) in [4.78, 5) is 13.6. The minimum absolute atomic E-state index is 0.125. The molecule has 1 aliphatic carbocycles. The molecule has 3 N–H and O–H groups in total. The van der Waals surface area contributed by atoms with Crippen LogP contribution in [0.5, 0.6) is 0 Å². The fourth-order valence-corrected chi connectivity index (χ4v) is 2.06. The molecule has 0 bridgehead atoms. The number of carbonyl (C=O) groups excluding carboxylic acids is 1. The molecule has 0 aliphatic heterocycles. The van der Waals surface area contributed by atoms with Gasteiger partial charge < -0.3 is 11.1 Å². The molecule has 4 heteroatoms. The lowest BCUT2D eigenvalue weighted by Gasteiger charge is -2.35. The van der Waals surface area contributed by atoms with Crippen LogP contribution >= 0.6 is 0 Å². The predicted octanol–water partition coefficient (Wildman–Crippen LogP) is 0.428. The van der Waals surface area contributed by atoms with Gasteiger partial charge >= 0.3 is 0 Å². The number of hydrogen-bond donors (Lipinski definition) is 2. The molecule has 4 nitrogen and oxygen atoms in total. The normalized spacial score (nSPS) is 24.6. The van der Waals surface area contributed by atoms with Crippen LogP contribution in [0.2, 0.25) is 0 Å². The highest BCUT2D eigenvalue weighted by Crippen LogP contribution is 2.25. The highest BCUT2D eigenvalue weighted by molar-refractivity contribution is 5.77. The van der Waals surface area contributed by atoms with E-state index in [1.54, 1.807) is 0 Å². The smallest absolute Gasteiger partial charge is 0.234 e. The van der Waals surface area contributed by atoms with E-state index in [1.165, 1.54) is 0 Å². The Hall–Kier alpha value is -0.610. The first-order chi connectivity index (χ1) is 7.47. The van der Waals surface area contributed by atoms with Gasteiger partial charge in [0.15, 0.2) is 0 Å². The van der Waals surface area contributed by atoms with Gasteiger partial charge in [-0.3, -0.25) is 9.69 Å². The first-order valence-electron chi connectivity index (χ1n) is 6.18. The molecule has 0 atom stereocenters. The summed E-state index contributed by atoms with van der Waals surface area (Å²) >= 11 is 0. The lowest BCUT2D eigenvalue weighted by molar-refractivity contribution is -0.122. The molecular weight excluding hydrogens is 202 g/mol. The molecule has 1 aliphatic rings. The van der Waals surface area contributed by atoms with Crippen LogP contribution in [0.4, 0.5) is 0 Å². The van der Waals surface area contributed by atoms with Crippen molar-refractivity contribution in [3.8, 4) is 0 Å². The maximum absolute atomic E-state index is 11.5. The molecule has 94 valence electrons. The standard InChI is InChI=1S/C12H25N3O/c1-9(2)6-14-12(16)8-15(3)7-10-4-11(13)5-10/h9-11H,4-8,13H2,1-3H3,(H,14,16). The van der Waals surface area contributed by atoms with Crippen LogP contribution in [0.15, 0.2) is 0 Å². The minimum Gasteiger partial charge on any atom is -0.355 e. The highest BCUT2D eigenvalue weighted by atomic mass is 16.2. The molecule has 1 fully saturated rings. The second-order valence-electron chi connectivity index (χ2n) is 5.49. The van der Waals surface area contributed by atoms with Crippen molar-refractivity contribution in [3.63, 3.8) is 0 Å². The van der Waals surface area contributed by atoms with Crippen molar-refractivity contribution in [2.75, 3.05) is 26.7 Å². The van der Waals surface area contributed by atoms with Crippen LogP contribution in [0, 0.1) is 11.8 Å². The van der Waals surface area contributed by atoms with Crippen LogP contribution in [-0.4, -0.2) is 43.5 Å². The van der Waals surface area contributed by atoms with E-state index < -0.39 is 0 Å². The summed E-state index contributed by atoms with van der Waals surface area (Å²) in [6.07, 6.45) is 2.22. The van der Waals surface area contributed by atoms with Gasteiger partial charge in [0, 0.05) is 19.1 Å². The number of nitrogens with two attached hydrogens (primary N) is 1. The van der Waals surface area contributed by atoms with Crippen molar-refractivity contribution in [1.29, 1.82) is 0 Å². The van der Waals surface area contributed by atoms with Crippen molar-refractivity contribution in [3.05, 3.63) is 0 Å².